The molecule has 148 valence electrons. The van der Waals surface area contributed by atoms with Crippen LogP contribution >= 0.6 is 0 Å². The van der Waals surface area contributed by atoms with Crippen molar-refractivity contribution in [3.63, 3.8) is 0 Å². The molecule has 29 heavy (non-hydrogen) atoms. The summed E-state index contributed by atoms with van der Waals surface area (Å²) in [6.07, 6.45) is 1.76. The highest BCUT2D eigenvalue weighted by Crippen LogP contribution is 2.29. The topological polar surface area (TPSA) is 85.6 Å². The second kappa shape index (κ2) is 7.91. The van der Waals surface area contributed by atoms with Gasteiger partial charge in [-0.3, -0.25) is 4.79 Å². The number of ether oxygens (including phenoxy) is 1. The van der Waals surface area contributed by atoms with Gasteiger partial charge in [0.05, 0.1) is 6.04 Å². The summed E-state index contributed by atoms with van der Waals surface area (Å²) in [6.45, 7) is 1.49. The first-order valence-electron chi connectivity index (χ1n) is 9.65. The van der Waals surface area contributed by atoms with E-state index in [0.29, 0.717) is 11.0 Å². The van der Waals surface area contributed by atoms with E-state index < -0.39 is 23.6 Å². The Bertz CT molecular complexity index is 1130. The van der Waals surface area contributed by atoms with Crippen molar-refractivity contribution < 1.29 is 18.7 Å². The van der Waals surface area contributed by atoms with E-state index in [1.807, 2.05) is 18.2 Å². The summed E-state index contributed by atoms with van der Waals surface area (Å²) in [6, 6.07) is 16.2. The molecule has 1 aliphatic carbocycles. The van der Waals surface area contributed by atoms with Gasteiger partial charge in [-0.25, -0.2) is 9.59 Å². The molecule has 0 fully saturated rings. The van der Waals surface area contributed by atoms with Gasteiger partial charge in [-0.1, -0.05) is 42.5 Å². The van der Waals surface area contributed by atoms with Gasteiger partial charge in [0.1, 0.15) is 11.1 Å². The normalized spacial score (nSPS) is 16.7. The Hall–Kier alpha value is -3.41. The van der Waals surface area contributed by atoms with Crippen molar-refractivity contribution in [3.8, 4) is 0 Å². The predicted octanol–water partition coefficient (Wildman–Crippen LogP) is 3.53. The fourth-order valence-corrected chi connectivity index (χ4v) is 3.67. The molecule has 0 saturated heterocycles. The molecule has 0 spiro atoms. The summed E-state index contributed by atoms with van der Waals surface area (Å²) in [5, 5.41) is 3.56. The second-order valence-electron chi connectivity index (χ2n) is 7.19. The number of carbonyl (C=O) groups excluding carboxylic acids is 2. The molecule has 0 bridgehead atoms. The maximum absolute atomic E-state index is 12.6. The summed E-state index contributed by atoms with van der Waals surface area (Å²) in [5.41, 5.74) is 1.69. The number of rotatable bonds is 4. The number of hydrogen-bond acceptors (Lipinski definition) is 5. The Morgan fingerprint density at radius 1 is 1.14 bits per heavy atom. The van der Waals surface area contributed by atoms with Gasteiger partial charge < -0.3 is 14.5 Å². The molecular formula is C23H21NO5. The molecule has 2 atom stereocenters. The van der Waals surface area contributed by atoms with Gasteiger partial charge in [0.15, 0.2) is 6.10 Å². The first kappa shape index (κ1) is 18.9. The Morgan fingerprint density at radius 2 is 1.90 bits per heavy atom. The minimum absolute atomic E-state index is 0.112. The zero-order chi connectivity index (χ0) is 20.4. The number of carbonyl (C=O) groups is 2. The summed E-state index contributed by atoms with van der Waals surface area (Å²) >= 11 is 0. The second-order valence-corrected chi connectivity index (χ2v) is 7.19. The van der Waals surface area contributed by atoms with Crippen molar-refractivity contribution in [1.82, 2.24) is 5.32 Å². The van der Waals surface area contributed by atoms with Crippen LogP contribution in [0.3, 0.4) is 0 Å². The number of hydrogen-bond donors (Lipinski definition) is 1. The molecule has 0 aliphatic heterocycles. The lowest BCUT2D eigenvalue weighted by molar-refractivity contribution is -0.130. The van der Waals surface area contributed by atoms with Crippen LogP contribution in [-0.4, -0.2) is 18.0 Å². The van der Waals surface area contributed by atoms with E-state index in [-0.39, 0.29) is 11.6 Å². The monoisotopic (exact) mass is 391 g/mol. The highest BCUT2D eigenvalue weighted by Gasteiger charge is 2.26. The third kappa shape index (κ3) is 3.92. The Kier molecular flexibility index (Phi) is 5.16. The van der Waals surface area contributed by atoms with Crippen LogP contribution in [0.15, 0.2) is 63.8 Å². The number of fused-ring (bicyclic) bond motifs is 2. The molecule has 1 aromatic heterocycles. The SMILES string of the molecule is C[C@@H](OC(=O)c1cc2ccccc2oc1=O)C(=O)N[C@@H]1CCCc2ccccc21. The Labute approximate surface area is 167 Å². The first-order chi connectivity index (χ1) is 14.0. The van der Waals surface area contributed by atoms with Crippen molar-refractivity contribution in [2.75, 3.05) is 0 Å². The van der Waals surface area contributed by atoms with E-state index in [1.165, 1.54) is 18.6 Å². The maximum Gasteiger partial charge on any atom is 0.351 e. The van der Waals surface area contributed by atoms with E-state index in [4.69, 9.17) is 9.15 Å². The fraction of sp³-hybridized carbons (Fsp3) is 0.261. The van der Waals surface area contributed by atoms with Gasteiger partial charge in [0.25, 0.3) is 5.91 Å². The van der Waals surface area contributed by atoms with Crippen LogP contribution in [-0.2, 0) is 16.0 Å². The van der Waals surface area contributed by atoms with Gasteiger partial charge in [-0.2, -0.15) is 0 Å². The Balaban J connectivity index is 1.46. The van der Waals surface area contributed by atoms with Crippen molar-refractivity contribution in [2.45, 2.75) is 38.3 Å². The van der Waals surface area contributed by atoms with Crippen LogP contribution in [0.5, 0.6) is 0 Å². The predicted molar refractivity (Wildman–Crippen MR) is 108 cm³/mol. The Morgan fingerprint density at radius 3 is 2.76 bits per heavy atom. The summed E-state index contributed by atoms with van der Waals surface area (Å²) in [4.78, 5) is 37.2. The minimum atomic E-state index is -1.04. The lowest BCUT2D eigenvalue weighted by atomic mass is 9.87. The lowest BCUT2D eigenvalue weighted by Crippen LogP contribution is -2.39. The fourth-order valence-electron chi connectivity index (χ4n) is 3.67. The van der Waals surface area contributed by atoms with Gasteiger partial charge in [0.2, 0.25) is 0 Å². The largest absolute Gasteiger partial charge is 0.449 e. The smallest absolute Gasteiger partial charge is 0.351 e. The zero-order valence-corrected chi connectivity index (χ0v) is 16.0. The number of benzene rings is 2. The van der Waals surface area contributed by atoms with Crippen molar-refractivity contribution >= 4 is 22.8 Å². The molecule has 6 heteroatoms. The van der Waals surface area contributed by atoms with E-state index in [0.717, 1.165) is 24.8 Å². The van der Waals surface area contributed by atoms with E-state index >= 15 is 0 Å². The van der Waals surface area contributed by atoms with Crippen molar-refractivity contribution in [2.24, 2.45) is 0 Å². The summed E-state index contributed by atoms with van der Waals surface area (Å²) < 4.78 is 10.4. The van der Waals surface area contributed by atoms with Gasteiger partial charge in [-0.05, 0) is 49.4 Å². The quantitative estimate of drug-likeness (QED) is 0.543. The summed E-state index contributed by atoms with van der Waals surface area (Å²) in [7, 11) is 0. The molecule has 4 rings (SSSR count). The van der Waals surface area contributed by atoms with Gasteiger partial charge in [0, 0.05) is 5.39 Å². The van der Waals surface area contributed by atoms with Crippen LogP contribution in [0.4, 0.5) is 0 Å². The number of aryl methyl sites for hydroxylation is 1. The average Bonchev–Trinajstić information content (AvgIpc) is 2.73. The summed E-state index contributed by atoms with van der Waals surface area (Å²) in [5.74, 6) is -1.28. The van der Waals surface area contributed by atoms with Crippen LogP contribution in [0, 0.1) is 0 Å². The van der Waals surface area contributed by atoms with Gasteiger partial charge >= 0.3 is 11.6 Å². The first-order valence-corrected chi connectivity index (χ1v) is 9.65. The van der Waals surface area contributed by atoms with Crippen LogP contribution in [0.1, 0.15) is 47.3 Å². The molecule has 0 saturated carbocycles. The van der Waals surface area contributed by atoms with Crippen LogP contribution in [0.2, 0.25) is 0 Å². The number of para-hydroxylation sites is 1. The maximum atomic E-state index is 12.6. The third-order valence-electron chi connectivity index (χ3n) is 5.20. The molecular weight excluding hydrogens is 370 g/mol. The molecule has 0 radical (unpaired) electrons. The molecule has 1 N–H and O–H groups in total. The molecule has 0 unspecified atom stereocenters. The number of amides is 1. The number of nitrogens with one attached hydrogen (secondary N) is 1. The minimum Gasteiger partial charge on any atom is -0.449 e. The highest BCUT2D eigenvalue weighted by atomic mass is 16.5. The standard InChI is InChI=1S/C23H21NO5/c1-14(21(25)24-19-11-6-9-15-7-2-4-10-17(15)19)28-22(26)18-13-16-8-3-5-12-20(16)29-23(18)27/h2-5,7-8,10,12-14,19H,6,9,11H2,1H3,(H,24,25)/t14-,19-/m1/s1. The molecule has 6 nitrogen and oxygen atoms in total. The van der Waals surface area contributed by atoms with E-state index in [9.17, 15) is 14.4 Å². The van der Waals surface area contributed by atoms with Crippen molar-refractivity contribution in [1.29, 1.82) is 0 Å². The molecule has 1 amide bonds. The van der Waals surface area contributed by atoms with Crippen LogP contribution < -0.4 is 10.9 Å². The lowest BCUT2D eigenvalue weighted by Gasteiger charge is -2.27. The zero-order valence-electron chi connectivity index (χ0n) is 16.0. The van der Waals surface area contributed by atoms with Crippen LogP contribution in [0.25, 0.3) is 11.0 Å². The molecule has 2 aromatic carbocycles. The van der Waals surface area contributed by atoms with Gasteiger partial charge in [-0.15, -0.1) is 0 Å². The van der Waals surface area contributed by atoms with E-state index in [1.54, 1.807) is 24.3 Å². The number of esters is 1. The molecule has 1 heterocycles. The molecule has 3 aromatic rings. The average molecular weight is 391 g/mol. The molecule has 1 aliphatic rings. The highest BCUT2D eigenvalue weighted by molar-refractivity contribution is 5.94. The van der Waals surface area contributed by atoms with Crippen molar-refractivity contribution in [3.05, 3.63) is 81.7 Å². The van der Waals surface area contributed by atoms with E-state index in [2.05, 4.69) is 11.4 Å². The third-order valence-corrected chi connectivity index (χ3v) is 5.20.